The highest BCUT2D eigenvalue weighted by Gasteiger charge is 2.26. The number of amides is 1. The molecule has 1 aliphatic rings. The van der Waals surface area contributed by atoms with Gasteiger partial charge in [-0.1, -0.05) is 20.8 Å². The van der Waals surface area contributed by atoms with E-state index in [-0.39, 0.29) is 17.4 Å². The van der Waals surface area contributed by atoms with Crippen LogP contribution in [0.3, 0.4) is 0 Å². The Morgan fingerprint density at radius 2 is 2.14 bits per heavy atom. The summed E-state index contributed by atoms with van der Waals surface area (Å²) in [6, 6.07) is 0.0716. The summed E-state index contributed by atoms with van der Waals surface area (Å²) in [5.41, 5.74) is 0.184. The molecule has 0 bridgehead atoms. The molecule has 3 heteroatoms. The molecule has 0 saturated carbocycles. The molecule has 0 radical (unpaired) electrons. The average molecular weight is 198 g/mol. The first-order valence-corrected chi connectivity index (χ1v) is 5.38. The SMILES string of the molecule is CN(CC(C)(C)C)C(=O)[C@H]1CCCN1. The maximum atomic E-state index is 11.9. The molecule has 1 heterocycles. The lowest BCUT2D eigenvalue weighted by Crippen LogP contribution is -2.44. The van der Waals surface area contributed by atoms with Crippen molar-refractivity contribution in [2.24, 2.45) is 5.41 Å². The number of carbonyl (C=O) groups excluding carboxylic acids is 1. The molecule has 0 aromatic rings. The Labute approximate surface area is 86.9 Å². The van der Waals surface area contributed by atoms with Crippen LogP contribution in [0.25, 0.3) is 0 Å². The van der Waals surface area contributed by atoms with Crippen molar-refractivity contribution < 1.29 is 4.79 Å². The van der Waals surface area contributed by atoms with Crippen LogP contribution < -0.4 is 5.32 Å². The van der Waals surface area contributed by atoms with Crippen LogP contribution in [-0.4, -0.2) is 37.0 Å². The van der Waals surface area contributed by atoms with E-state index in [1.807, 2.05) is 11.9 Å². The summed E-state index contributed by atoms with van der Waals surface area (Å²) < 4.78 is 0. The predicted octanol–water partition coefficient (Wildman–Crippen LogP) is 1.24. The molecule has 1 saturated heterocycles. The molecule has 1 rings (SSSR count). The highest BCUT2D eigenvalue weighted by Crippen LogP contribution is 2.16. The maximum Gasteiger partial charge on any atom is 0.239 e. The topological polar surface area (TPSA) is 32.3 Å². The number of likely N-dealkylation sites (N-methyl/N-ethyl adjacent to an activating group) is 1. The number of hydrogen-bond donors (Lipinski definition) is 1. The minimum atomic E-state index is 0.0716. The van der Waals surface area contributed by atoms with Crippen LogP contribution in [0.15, 0.2) is 0 Å². The third-order valence-electron chi connectivity index (χ3n) is 2.45. The zero-order chi connectivity index (χ0) is 10.8. The molecule has 1 N–H and O–H groups in total. The summed E-state index contributed by atoms with van der Waals surface area (Å²) in [4.78, 5) is 13.7. The van der Waals surface area contributed by atoms with Gasteiger partial charge in [-0.25, -0.2) is 0 Å². The normalized spacial score (nSPS) is 22.4. The van der Waals surface area contributed by atoms with E-state index in [1.165, 1.54) is 0 Å². The van der Waals surface area contributed by atoms with Crippen LogP contribution in [0.4, 0.5) is 0 Å². The number of nitrogens with one attached hydrogen (secondary N) is 1. The van der Waals surface area contributed by atoms with Crippen molar-refractivity contribution in [3.63, 3.8) is 0 Å². The van der Waals surface area contributed by atoms with Crippen LogP contribution in [0.1, 0.15) is 33.6 Å². The molecular weight excluding hydrogens is 176 g/mol. The van der Waals surface area contributed by atoms with Gasteiger partial charge in [-0.05, 0) is 24.8 Å². The quantitative estimate of drug-likeness (QED) is 0.724. The van der Waals surface area contributed by atoms with Crippen LogP contribution in [0.2, 0.25) is 0 Å². The molecule has 3 nitrogen and oxygen atoms in total. The standard InChI is InChI=1S/C11H22N2O/c1-11(2,3)8-13(4)10(14)9-6-5-7-12-9/h9,12H,5-8H2,1-4H3/t9-/m1/s1. The summed E-state index contributed by atoms with van der Waals surface area (Å²) in [5, 5.41) is 3.23. The van der Waals surface area contributed by atoms with Crippen LogP contribution >= 0.6 is 0 Å². The van der Waals surface area contributed by atoms with Gasteiger partial charge in [0, 0.05) is 13.6 Å². The third-order valence-corrected chi connectivity index (χ3v) is 2.45. The zero-order valence-electron chi connectivity index (χ0n) is 9.76. The van der Waals surface area contributed by atoms with Gasteiger partial charge < -0.3 is 10.2 Å². The van der Waals surface area contributed by atoms with Crippen LogP contribution in [0.5, 0.6) is 0 Å². The van der Waals surface area contributed by atoms with Crippen molar-refractivity contribution in [2.75, 3.05) is 20.1 Å². The van der Waals surface area contributed by atoms with Crippen molar-refractivity contribution in [1.82, 2.24) is 10.2 Å². The first-order valence-electron chi connectivity index (χ1n) is 5.38. The van der Waals surface area contributed by atoms with Gasteiger partial charge in [0.2, 0.25) is 5.91 Å². The fourth-order valence-electron chi connectivity index (χ4n) is 1.95. The van der Waals surface area contributed by atoms with Gasteiger partial charge in [-0.15, -0.1) is 0 Å². The van der Waals surface area contributed by atoms with Gasteiger partial charge in [0.25, 0.3) is 0 Å². The zero-order valence-corrected chi connectivity index (χ0v) is 9.76. The third kappa shape index (κ3) is 3.29. The summed E-state index contributed by atoms with van der Waals surface area (Å²) in [6.07, 6.45) is 2.12. The van der Waals surface area contributed by atoms with E-state index < -0.39 is 0 Å². The first kappa shape index (κ1) is 11.5. The van der Waals surface area contributed by atoms with Gasteiger partial charge in [-0.3, -0.25) is 4.79 Å². The lowest BCUT2D eigenvalue weighted by Gasteiger charge is -2.28. The van der Waals surface area contributed by atoms with Gasteiger partial charge >= 0.3 is 0 Å². The summed E-state index contributed by atoms with van der Waals surface area (Å²) in [7, 11) is 1.90. The minimum Gasteiger partial charge on any atom is -0.344 e. The molecule has 1 amide bonds. The fraction of sp³-hybridized carbons (Fsp3) is 0.909. The number of nitrogens with zero attached hydrogens (tertiary/aromatic N) is 1. The number of hydrogen-bond acceptors (Lipinski definition) is 2. The van der Waals surface area contributed by atoms with E-state index in [1.54, 1.807) is 0 Å². The van der Waals surface area contributed by atoms with Gasteiger partial charge in [-0.2, -0.15) is 0 Å². The molecule has 82 valence electrons. The van der Waals surface area contributed by atoms with Crippen molar-refractivity contribution in [3.05, 3.63) is 0 Å². The number of carbonyl (C=O) groups is 1. The van der Waals surface area contributed by atoms with Gasteiger partial charge in [0.15, 0.2) is 0 Å². The molecular formula is C11H22N2O. The molecule has 1 aliphatic heterocycles. The Kier molecular flexibility index (Phi) is 3.53. The van der Waals surface area contributed by atoms with Gasteiger partial charge in [0.1, 0.15) is 0 Å². The Morgan fingerprint density at radius 3 is 2.57 bits per heavy atom. The monoisotopic (exact) mass is 198 g/mol. The molecule has 1 fully saturated rings. The number of rotatable bonds is 2. The van der Waals surface area contributed by atoms with Crippen molar-refractivity contribution in [1.29, 1.82) is 0 Å². The molecule has 14 heavy (non-hydrogen) atoms. The Morgan fingerprint density at radius 1 is 1.50 bits per heavy atom. The van der Waals surface area contributed by atoms with Crippen LogP contribution in [-0.2, 0) is 4.79 Å². The lowest BCUT2D eigenvalue weighted by molar-refractivity contribution is -0.132. The van der Waals surface area contributed by atoms with E-state index in [9.17, 15) is 4.79 Å². The highest BCUT2D eigenvalue weighted by molar-refractivity contribution is 5.81. The smallest absolute Gasteiger partial charge is 0.239 e. The average Bonchev–Trinajstić information content (AvgIpc) is 2.51. The van der Waals surface area contributed by atoms with E-state index in [0.29, 0.717) is 0 Å². The van der Waals surface area contributed by atoms with Gasteiger partial charge in [0.05, 0.1) is 6.04 Å². The predicted molar refractivity (Wildman–Crippen MR) is 58.1 cm³/mol. The lowest BCUT2D eigenvalue weighted by atomic mass is 9.96. The molecule has 0 aliphatic carbocycles. The molecule has 0 aromatic heterocycles. The second kappa shape index (κ2) is 4.30. The fourth-order valence-corrected chi connectivity index (χ4v) is 1.95. The molecule has 0 unspecified atom stereocenters. The summed E-state index contributed by atoms with van der Waals surface area (Å²) in [6.45, 7) is 8.26. The van der Waals surface area contributed by atoms with E-state index in [2.05, 4.69) is 26.1 Å². The maximum absolute atomic E-state index is 11.9. The Hall–Kier alpha value is -0.570. The summed E-state index contributed by atoms with van der Waals surface area (Å²) in [5.74, 6) is 0.248. The van der Waals surface area contributed by atoms with Crippen molar-refractivity contribution in [2.45, 2.75) is 39.7 Å². The first-order chi connectivity index (χ1) is 6.40. The largest absolute Gasteiger partial charge is 0.344 e. The van der Waals surface area contributed by atoms with E-state index in [4.69, 9.17) is 0 Å². The minimum absolute atomic E-state index is 0.0716. The molecule has 0 spiro atoms. The van der Waals surface area contributed by atoms with E-state index >= 15 is 0 Å². The van der Waals surface area contributed by atoms with Crippen molar-refractivity contribution in [3.8, 4) is 0 Å². The summed E-state index contributed by atoms with van der Waals surface area (Å²) >= 11 is 0. The molecule has 0 aromatic carbocycles. The molecule has 1 atom stereocenters. The second-order valence-corrected chi connectivity index (χ2v) is 5.40. The van der Waals surface area contributed by atoms with Crippen molar-refractivity contribution >= 4 is 5.91 Å². The van der Waals surface area contributed by atoms with Crippen LogP contribution in [0, 0.1) is 5.41 Å². The Balaban J connectivity index is 2.43. The highest BCUT2D eigenvalue weighted by atomic mass is 16.2. The second-order valence-electron chi connectivity index (χ2n) is 5.40. The van der Waals surface area contributed by atoms with E-state index in [0.717, 1.165) is 25.9 Å². The Bertz CT molecular complexity index is 202.